The number of aliphatic hydroxyl groups is 2. The van der Waals surface area contributed by atoms with Crippen molar-refractivity contribution < 1.29 is 29.3 Å². The van der Waals surface area contributed by atoms with Gasteiger partial charge in [0.1, 0.15) is 17.3 Å². The van der Waals surface area contributed by atoms with Crippen LogP contribution in [0.3, 0.4) is 0 Å². The van der Waals surface area contributed by atoms with Gasteiger partial charge in [0, 0.05) is 12.1 Å². The van der Waals surface area contributed by atoms with Gasteiger partial charge in [-0.15, -0.1) is 0 Å². The molecule has 2 aromatic carbocycles. The predicted octanol–water partition coefficient (Wildman–Crippen LogP) is 3.14. The number of carbonyl (C=O) groups excluding carboxylic acids is 2. The summed E-state index contributed by atoms with van der Waals surface area (Å²) in [6.45, 7) is 4.33. The number of likely N-dealkylation sites (tertiary alicyclic amines) is 1. The number of β-amino-alcohol motifs (C(OH)–C–C–N with tert-alkyl or cyclic N) is 1. The van der Waals surface area contributed by atoms with Crippen molar-refractivity contribution in [2.45, 2.75) is 19.9 Å². The van der Waals surface area contributed by atoms with Crippen LogP contribution < -0.4 is 9.47 Å². The van der Waals surface area contributed by atoms with Gasteiger partial charge in [-0.3, -0.25) is 9.59 Å². The molecule has 0 spiro atoms. The Morgan fingerprint density at radius 1 is 1.03 bits per heavy atom. The van der Waals surface area contributed by atoms with Crippen molar-refractivity contribution in [2.24, 2.45) is 5.92 Å². The first-order valence-corrected chi connectivity index (χ1v) is 10.1. The quantitative estimate of drug-likeness (QED) is 0.383. The molecule has 3 rings (SSSR count). The van der Waals surface area contributed by atoms with Gasteiger partial charge in [-0.05, 0) is 47.9 Å². The third-order valence-corrected chi connectivity index (χ3v) is 5.02. The molecule has 1 saturated heterocycles. The number of benzene rings is 2. The number of hydrogen-bond donors (Lipinski definition) is 2. The lowest BCUT2D eigenvalue weighted by Gasteiger charge is -2.24. The molecule has 1 unspecified atom stereocenters. The lowest BCUT2D eigenvalue weighted by molar-refractivity contribution is -0.140. The number of aliphatic hydroxyl groups excluding tert-OH is 2. The maximum Gasteiger partial charge on any atom is 0.295 e. The zero-order valence-corrected chi connectivity index (χ0v) is 17.9. The van der Waals surface area contributed by atoms with E-state index < -0.39 is 17.7 Å². The molecule has 0 saturated carbocycles. The molecule has 7 heteroatoms. The van der Waals surface area contributed by atoms with Gasteiger partial charge >= 0.3 is 0 Å². The van der Waals surface area contributed by atoms with E-state index in [1.165, 1.54) is 4.90 Å². The third-order valence-electron chi connectivity index (χ3n) is 5.02. The van der Waals surface area contributed by atoms with Gasteiger partial charge in [0.2, 0.25) is 0 Å². The van der Waals surface area contributed by atoms with E-state index in [0.717, 1.165) is 0 Å². The molecule has 2 N–H and O–H groups in total. The van der Waals surface area contributed by atoms with Crippen LogP contribution in [-0.4, -0.2) is 53.7 Å². The summed E-state index contributed by atoms with van der Waals surface area (Å²) in [5.41, 5.74) is 1.02. The minimum Gasteiger partial charge on any atom is -0.507 e. The molecule has 0 aromatic heterocycles. The lowest BCUT2D eigenvalue weighted by atomic mass is 9.95. The van der Waals surface area contributed by atoms with Crippen LogP contribution in [0, 0.1) is 5.92 Å². The predicted molar refractivity (Wildman–Crippen MR) is 116 cm³/mol. The largest absolute Gasteiger partial charge is 0.507 e. The highest BCUT2D eigenvalue weighted by atomic mass is 16.5. The summed E-state index contributed by atoms with van der Waals surface area (Å²) >= 11 is 0. The summed E-state index contributed by atoms with van der Waals surface area (Å²) in [4.78, 5) is 26.7. The van der Waals surface area contributed by atoms with Gasteiger partial charge in [0.05, 0.1) is 31.9 Å². The summed E-state index contributed by atoms with van der Waals surface area (Å²) in [6, 6.07) is 12.8. The summed E-state index contributed by atoms with van der Waals surface area (Å²) in [7, 11) is 1.54. The Balaban J connectivity index is 2.02. The number of carbonyl (C=O) groups is 2. The van der Waals surface area contributed by atoms with Crippen molar-refractivity contribution in [1.82, 2.24) is 4.90 Å². The number of rotatable bonds is 8. The SMILES string of the molecule is COc1ccc(C2/C(=C(/O)c3ccc(OCC(C)C)cc3)C(=O)C(=O)N2CCO)cc1. The lowest BCUT2D eigenvalue weighted by Crippen LogP contribution is -2.32. The minimum absolute atomic E-state index is 0.0144. The Morgan fingerprint density at radius 3 is 2.19 bits per heavy atom. The van der Waals surface area contributed by atoms with E-state index >= 15 is 0 Å². The number of hydrogen-bond acceptors (Lipinski definition) is 6. The van der Waals surface area contributed by atoms with Crippen LogP contribution in [0.15, 0.2) is 54.1 Å². The van der Waals surface area contributed by atoms with Gasteiger partial charge in [0.25, 0.3) is 11.7 Å². The van der Waals surface area contributed by atoms with Gasteiger partial charge < -0.3 is 24.6 Å². The van der Waals surface area contributed by atoms with Crippen molar-refractivity contribution in [2.75, 3.05) is 26.9 Å². The van der Waals surface area contributed by atoms with E-state index in [0.29, 0.717) is 35.2 Å². The molecular weight excluding hydrogens is 398 g/mol. The Hall–Kier alpha value is -3.32. The number of amides is 1. The second-order valence-corrected chi connectivity index (χ2v) is 7.72. The molecule has 1 aliphatic heterocycles. The average Bonchev–Trinajstić information content (AvgIpc) is 3.03. The van der Waals surface area contributed by atoms with E-state index in [9.17, 15) is 19.8 Å². The molecule has 1 amide bonds. The standard InChI is InChI=1S/C24H27NO6/c1-15(2)14-31-19-10-6-17(7-11-19)22(27)20-21(16-4-8-18(30-3)9-5-16)25(12-13-26)24(29)23(20)28/h4-11,15,21,26-27H,12-14H2,1-3H3/b22-20-. The molecule has 31 heavy (non-hydrogen) atoms. The van der Waals surface area contributed by atoms with Crippen LogP contribution in [0.4, 0.5) is 0 Å². The molecule has 1 atom stereocenters. The fourth-order valence-electron chi connectivity index (χ4n) is 3.48. The first-order chi connectivity index (χ1) is 14.9. The Morgan fingerprint density at radius 2 is 1.65 bits per heavy atom. The second-order valence-electron chi connectivity index (χ2n) is 7.72. The monoisotopic (exact) mass is 425 g/mol. The van der Waals surface area contributed by atoms with Crippen molar-refractivity contribution in [3.8, 4) is 11.5 Å². The van der Waals surface area contributed by atoms with Crippen LogP contribution in [-0.2, 0) is 9.59 Å². The molecular formula is C24H27NO6. The summed E-state index contributed by atoms with van der Waals surface area (Å²) < 4.78 is 10.8. The first-order valence-electron chi connectivity index (χ1n) is 10.1. The van der Waals surface area contributed by atoms with Gasteiger partial charge in [0.15, 0.2) is 0 Å². The van der Waals surface area contributed by atoms with Crippen LogP contribution in [0.2, 0.25) is 0 Å². The molecule has 1 aliphatic rings. The normalized spacial score (nSPS) is 18.0. The first kappa shape index (κ1) is 22.4. The van der Waals surface area contributed by atoms with E-state index in [1.807, 2.05) is 13.8 Å². The highest BCUT2D eigenvalue weighted by Gasteiger charge is 2.45. The summed E-state index contributed by atoms with van der Waals surface area (Å²) in [5.74, 6) is -0.159. The average molecular weight is 425 g/mol. The topological polar surface area (TPSA) is 96.3 Å². The minimum atomic E-state index is -0.810. The van der Waals surface area contributed by atoms with E-state index in [4.69, 9.17) is 9.47 Å². The van der Waals surface area contributed by atoms with Crippen LogP contribution in [0.5, 0.6) is 11.5 Å². The number of ether oxygens (including phenoxy) is 2. The van der Waals surface area contributed by atoms with Crippen LogP contribution in [0.1, 0.15) is 31.0 Å². The summed E-state index contributed by atoms with van der Waals surface area (Å²) in [5, 5.41) is 20.4. The Labute approximate surface area is 181 Å². The van der Waals surface area contributed by atoms with Crippen molar-refractivity contribution in [3.05, 3.63) is 65.2 Å². The highest BCUT2D eigenvalue weighted by Crippen LogP contribution is 2.39. The highest BCUT2D eigenvalue weighted by molar-refractivity contribution is 6.46. The molecule has 2 aromatic rings. The Bertz CT molecular complexity index is 963. The zero-order chi connectivity index (χ0) is 22.5. The smallest absolute Gasteiger partial charge is 0.295 e. The number of nitrogens with zero attached hydrogens (tertiary/aromatic N) is 1. The molecule has 164 valence electrons. The third kappa shape index (κ3) is 4.72. The molecule has 1 heterocycles. The van der Waals surface area contributed by atoms with Crippen LogP contribution >= 0.6 is 0 Å². The number of Topliss-reactive ketones (excluding diaryl/α,β-unsaturated/α-hetero) is 1. The zero-order valence-electron chi connectivity index (χ0n) is 17.9. The maximum atomic E-state index is 12.8. The van der Waals surface area contributed by atoms with Crippen LogP contribution in [0.25, 0.3) is 5.76 Å². The number of methoxy groups -OCH3 is 1. The fraction of sp³-hybridized carbons (Fsp3) is 0.333. The van der Waals surface area contributed by atoms with Crippen molar-refractivity contribution in [1.29, 1.82) is 0 Å². The Kier molecular flexibility index (Phi) is 6.97. The maximum absolute atomic E-state index is 12.8. The molecule has 0 radical (unpaired) electrons. The molecule has 1 fully saturated rings. The van der Waals surface area contributed by atoms with Gasteiger partial charge in [-0.25, -0.2) is 0 Å². The summed E-state index contributed by atoms with van der Waals surface area (Å²) in [6.07, 6.45) is 0. The fourth-order valence-corrected chi connectivity index (χ4v) is 3.48. The molecule has 7 nitrogen and oxygen atoms in total. The van der Waals surface area contributed by atoms with Gasteiger partial charge in [-0.1, -0.05) is 26.0 Å². The van der Waals surface area contributed by atoms with Gasteiger partial charge in [-0.2, -0.15) is 0 Å². The number of ketones is 1. The van der Waals surface area contributed by atoms with E-state index in [1.54, 1.807) is 55.6 Å². The van der Waals surface area contributed by atoms with Crippen molar-refractivity contribution in [3.63, 3.8) is 0 Å². The van der Waals surface area contributed by atoms with E-state index in [2.05, 4.69) is 0 Å². The molecule has 0 aliphatic carbocycles. The van der Waals surface area contributed by atoms with E-state index in [-0.39, 0.29) is 24.5 Å². The molecule has 0 bridgehead atoms. The second kappa shape index (κ2) is 9.66. The van der Waals surface area contributed by atoms with Crippen molar-refractivity contribution >= 4 is 17.4 Å².